The van der Waals surface area contributed by atoms with Crippen molar-refractivity contribution in [3.8, 4) is 6.01 Å². The number of hydrogen-bond acceptors (Lipinski definition) is 10. The van der Waals surface area contributed by atoms with E-state index in [0.717, 1.165) is 0 Å². The Bertz CT molecular complexity index is 1370. The normalized spacial score (nSPS) is 17.1. The van der Waals surface area contributed by atoms with Crippen LogP contribution in [0.2, 0.25) is 0 Å². The number of hydrogen-bond donors (Lipinski definition) is 2. The maximum atomic E-state index is 14.6. The highest BCUT2D eigenvalue weighted by Crippen LogP contribution is 2.27. The summed E-state index contributed by atoms with van der Waals surface area (Å²) in [6.07, 6.45) is 1.18. The van der Waals surface area contributed by atoms with Crippen LogP contribution >= 0.6 is 0 Å². The molecule has 39 heavy (non-hydrogen) atoms. The van der Waals surface area contributed by atoms with Crippen LogP contribution in [0, 0.1) is 5.82 Å². The zero-order valence-electron chi connectivity index (χ0n) is 21.7. The third-order valence-corrected chi connectivity index (χ3v) is 8.52. The number of nitrogens with zero attached hydrogens (tertiary/aromatic N) is 5. The first-order valence-electron chi connectivity index (χ1n) is 13.0. The fourth-order valence-corrected chi connectivity index (χ4v) is 6.09. The molecule has 0 amide bonds. The zero-order valence-corrected chi connectivity index (χ0v) is 22.5. The maximum absolute atomic E-state index is 14.6. The smallest absolute Gasteiger partial charge is 0.323 e. The fraction of sp³-hybridized carbons (Fsp3) is 0.423. The van der Waals surface area contributed by atoms with E-state index in [-0.39, 0.29) is 23.8 Å². The standard InChI is InChI=1S/C26H32FN7O4S/c1-2-38-26-31-24(28-19-10-12-34(13-11-19)39(35,36)21-6-4-3-5-7-21)30-25(32-26)29-20-8-9-22(27)23(18-20)33-14-16-37-17-15-33/h3-9,18-19H,2,10-17H2,1H3,(H2,28,29,30,31,32). The summed E-state index contributed by atoms with van der Waals surface area (Å²) in [5.74, 6) is 0.256. The minimum atomic E-state index is -3.53. The van der Waals surface area contributed by atoms with Crippen molar-refractivity contribution in [2.75, 3.05) is 61.5 Å². The molecule has 0 bridgehead atoms. The van der Waals surface area contributed by atoms with Crippen molar-refractivity contribution in [1.82, 2.24) is 19.3 Å². The number of aromatic nitrogens is 3. The second kappa shape index (κ2) is 12.1. The molecule has 2 saturated heterocycles. The van der Waals surface area contributed by atoms with Gasteiger partial charge in [-0.1, -0.05) is 18.2 Å². The Morgan fingerprint density at radius 3 is 2.44 bits per heavy atom. The van der Waals surface area contributed by atoms with Gasteiger partial charge in [0.2, 0.25) is 21.9 Å². The number of anilines is 4. The number of ether oxygens (including phenoxy) is 2. The number of halogens is 1. The molecule has 11 nitrogen and oxygen atoms in total. The van der Waals surface area contributed by atoms with Crippen LogP contribution in [0.15, 0.2) is 53.4 Å². The first-order valence-corrected chi connectivity index (χ1v) is 14.5. The van der Waals surface area contributed by atoms with Crippen LogP contribution in [0.1, 0.15) is 19.8 Å². The quantitative estimate of drug-likeness (QED) is 0.405. The Kier molecular flexibility index (Phi) is 8.38. The average molecular weight is 558 g/mol. The molecule has 0 unspecified atom stereocenters. The second-order valence-corrected chi connectivity index (χ2v) is 11.2. The van der Waals surface area contributed by atoms with E-state index in [0.29, 0.717) is 81.1 Å². The Morgan fingerprint density at radius 2 is 1.72 bits per heavy atom. The molecule has 0 spiro atoms. The van der Waals surface area contributed by atoms with Gasteiger partial charge in [0.1, 0.15) is 5.82 Å². The van der Waals surface area contributed by atoms with Gasteiger partial charge in [-0.25, -0.2) is 12.8 Å². The van der Waals surface area contributed by atoms with Crippen LogP contribution in [0.3, 0.4) is 0 Å². The highest BCUT2D eigenvalue weighted by molar-refractivity contribution is 7.89. The van der Waals surface area contributed by atoms with E-state index in [1.165, 1.54) is 10.4 Å². The molecule has 208 valence electrons. The lowest BCUT2D eigenvalue weighted by atomic mass is 10.1. The van der Waals surface area contributed by atoms with E-state index in [2.05, 4.69) is 25.6 Å². The minimum Gasteiger partial charge on any atom is -0.464 e. The van der Waals surface area contributed by atoms with Gasteiger partial charge in [-0.2, -0.15) is 19.3 Å². The van der Waals surface area contributed by atoms with Gasteiger partial charge in [-0.3, -0.25) is 0 Å². The summed E-state index contributed by atoms with van der Waals surface area (Å²) < 4.78 is 52.9. The molecular formula is C26H32FN7O4S. The summed E-state index contributed by atoms with van der Waals surface area (Å²) in [6.45, 7) is 5.29. The molecule has 0 aliphatic carbocycles. The number of piperidine rings is 1. The van der Waals surface area contributed by atoms with Crippen molar-refractivity contribution in [3.05, 3.63) is 54.3 Å². The zero-order chi connectivity index (χ0) is 27.2. The van der Waals surface area contributed by atoms with E-state index < -0.39 is 10.0 Å². The van der Waals surface area contributed by atoms with Gasteiger partial charge in [0.05, 0.1) is 30.4 Å². The van der Waals surface area contributed by atoms with Crippen LogP contribution in [-0.2, 0) is 14.8 Å². The number of benzene rings is 2. The van der Waals surface area contributed by atoms with Gasteiger partial charge in [0.25, 0.3) is 0 Å². The summed E-state index contributed by atoms with van der Waals surface area (Å²) in [5, 5.41) is 6.44. The van der Waals surface area contributed by atoms with Crippen LogP contribution in [0.5, 0.6) is 6.01 Å². The van der Waals surface area contributed by atoms with Crippen molar-refractivity contribution in [1.29, 1.82) is 0 Å². The van der Waals surface area contributed by atoms with Crippen molar-refractivity contribution < 1.29 is 22.3 Å². The molecular weight excluding hydrogens is 525 g/mol. The molecule has 2 aliphatic rings. The Balaban J connectivity index is 1.27. The molecule has 5 rings (SSSR count). The van der Waals surface area contributed by atoms with Crippen LogP contribution in [0.4, 0.5) is 27.7 Å². The average Bonchev–Trinajstić information content (AvgIpc) is 2.95. The largest absolute Gasteiger partial charge is 0.464 e. The monoisotopic (exact) mass is 557 g/mol. The lowest BCUT2D eigenvalue weighted by molar-refractivity contribution is 0.122. The van der Waals surface area contributed by atoms with Gasteiger partial charge in [0.15, 0.2) is 0 Å². The SMILES string of the molecule is CCOc1nc(Nc2ccc(F)c(N3CCOCC3)c2)nc(NC2CCN(S(=O)(=O)c3ccccc3)CC2)n1. The fourth-order valence-electron chi connectivity index (χ4n) is 4.60. The van der Waals surface area contributed by atoms with Crippen molar-refractivity contribution in [2.45, 2.75) is 30.7 Å². The van der Waals surface area contributed by atoms with E-state index in [1.54, 1.807) is 42.5 Å². The molecule has 13 heteroatoms. The Hall–Kier alpha value is -3.55. The molecule has 3 heterocycles. The van der Waals surface area contributed by atoms with Crippen molar-refractivity contribution >= 4 is 33.3 Å². The van der Waals surface area contributed by atoms with Gasteiger partial charge in [0, 0.05) is 37.9 Å². The van der Waals surface area contributed by atoms with Crippen molar-refractivity contribution in [2.24, 2.45) is 0 Å². The molecule has 2 N–H and O–H groups in total. The molecule has 2 fully saturated rings. The summed E-state index contributed by atoms with van der Waals surface area (Å²) in [7, 11) is -3.53. The maximum Gasteiger partial charge on any atom is 0.323 e. The summed E-state index contributed by atoms with van der Waals surface area (Å²) in [5.41, 5.74) is 1.11. The van der Waals surface area contributed by atoms with Crippen molar-refractivity contribution in [3.63, 3.8) is 0 Å². The third-order valence-electron chi connectivity index (χ3n) is 6.61. The molecule has 1 aromatic heterocycles. The molecule has 0 saturated carbocycles. The number of rotatable bonds is 9. The number of nitrogens with one attached hydrogen (secondary N) is 2. The van der Waals surface area contributed by atoms with E-state index in [4.69, 9.17) is 9.47 Å². The first kappa shape index (κ1) is 27.0. The second-order valence-electron chi connectivity index (χ2n) is 9.22. The van der Waals surface area contributed by atoms with E-state index >= 15 is 0 Å². The third kappa shape index (κ3) is 6.54. The Labute approximate surface area is 227 Å². The predicted octanol–water partition coefficient (Wildman–Crippen LogP) is 3.25. The van der Waals surface area contributed by atoms with E-state index in [1.807, 2.05) is 11.8 Å². The lowest BCUT2D eigenvalue weighted by Gasteiger charge is -2.31. The number of sulfonamides is 1. The summed E-state index contributed by atoms with van der Waals surface area (Å²) >= 11 is 0. The summed E-state index contributed by atoms with van der Waals surface area (Å²) in [4.78, 5) is 15.5. The topological polar surface area (TPSA) is 122 Å². The highest BCUT2D eigenvalue weighted by atomic mass is 32.2. The van der Waals surface area contributed by atoms with Crippen LogP contribution in [0.25, 0.3) is 0 Å². The minimum absolute atomic E-state index is 0.0318. The summed E-state index contributed by atoms with van der Waals surface area (Å²) in [6, 6.07) is 13.3. The number of morpholine rings is 1. The molecule has 3 aromatic rings. The van der Waals surface area contributed by atoms with Crippen LogP contribution in [-0.4, -0.2) is 79.7 Å². The molecule has 2 aliphatic heterocycles. The molecule has 2 aromatic carbocycles. The highest BCUT2D eigenvalue weighted by Gasteiger charge is 2.29. The van der Waals surface area contributed by atoms with Gasteiger partial charge < -0.3 is 25.0 Å². The molecule has 0 radical (unpaired) electrons. The first-order chi connectivity index (χ1) is 18.9. The van der Waals surface area contributed by atoms with E-state index in [9.17, 15) is 12.8 Å². The lowest BCUT2D eigenvalue weighted by Crippen LogP contribution is -2.42. The van der Waals surface area contributed by atoms with Crippen LogP contribution < -0.4 is 20.3 Å². The van der Waals surface area contributed by atoms with Gasteiger partial charge in [-0.05, 0) is 50.1 Å². The van der Waals surface area contributed by atoms with Gasteiger partial charge >= 0.3 is 6.01 Å². The van der Waals surface area contributed by atoms with Gasteiger partial charge in [-0.15, -0.1) is 0 Å². The predicted molar refractivity (Wildman–Crippen MR) is 146 cm³/mol. The molecule has 0 atom stereocenters. The Morgan fingerprint density at radius 1 is 1.00 bits per heavy atom.